The van der Waals surface area contributed by atoms with Crippen molar-refractivity contribution < 1.29 is 22.9 Å². The molecule has 1 amide bonds. The number of carbonyl (C=O) groups excluding carboxylic acids is 1. The number of nitroso groups, excluding NO2 is 1. The van der Waals surface area contributed by atoms with Crippen LogP contribution in [0.15, 0.2) is 17.3 Å². The van der Waals surface area contributed by atoms with Gasteiger partial charge in [0.15, 0.2) is 6.04 Å². The van der Waals surface area contributed by atoms with E-state index in [1.54, 1.807) is 0 Å². The minimum atomic E-state index is -4.90. The number of benzene rings is 1. The number of anilines is 1. The third-order valence-electron chi connectivity index (χ3n) is 2.57. The van der Waals surface area contributed by atoms with Crippen LogP contribution in [0, 0.1) is 15.0 Å². The van der Waals surface area contributed by atoms with Gasteiger partial charge in [-0.15, -0.1) is 4.91 Å². The van der Waals surface area contributed by atoms with Crippen LogP contribution < -0.4 is 5.32 Å². The molecule has 0 aliphatic carbocycles. The van der Waals surface area contributed by atoms with E-state index < -0.39 is 45.6 Å². The molecule has 1 aromatic carbocycles. The van der Waals surface area contributed by atoms with E-state index in [2.05, 4.69) is 5.18 Å². The standard InChI is InChI=1S/C9H4F3N3O4/c10-9(11,12)5-2-3(15(18)19)1-4-6(5)13-8(16)7(4)14-17/h1-2,7H,(H,13,16). The number of nitro groups is 1. The average Bonchev–Trinajstić information content (AvgIpc) is 2.61. The van der Waals surface area contributed by atoms with Crippen molar-refractivity contribution in [1.29, 1.82) is 0 Å². The third-order valence-corrected chi connectivity index (χ3v) is 2.57. The van der Waals surface area contributed by atoms with Crippen molar-refractivity contribution in [3.8, 4) is 0 Å². The number of nitrogens with zero attached hydrogens (tertiary/aromatic N) is 2. The van der Waals surface area contributed by atoms with Crippen molar-refractivity contribution in [2.45, 2.75) is 12.2 Å². The molecule has 0 radical (unpaired) electrons. The summed E-state index contributed by atoms with van der Waals surface area (Å²) in [5.41, 5.74) is -3.35. The normalized spacial score (nSPS) is 17.8. The summed E-state index contributed by atoms with van der Waals surface area (Å²) in [7, 11) is 0. The summed E-state index contributed by atoms with van der Waals surface area (Å²) in [5, 5.41) is 14.8. The van der Waals surface area contributed by atoms with Gasteiger partial charge in [-0.2, -0.15) is 13.2 Å². The Morgan fingerprint density at radius 2 is 2.00 bits per heavy atom. The Bertz CT molecular complexity index is 599. The molecular weight excluding hydrogens is 271 g/mol. The van der Waals surface area contributed by atoms with E-state index in [4.69, 9.17) is 0 Å². The number of nitro benzene ring substituents is 1. The van der Waals surface area contributed by atoms with Gasteiger partial charge in [0.1, 0.15) is 0 Å². The summed E-state index contributed by atoms with van der Waals surface area (Å²) in [5.74, 6) is -1.05. The topological polar surface area (TPSA) is 102 Å². The smallest absolute Gasteiger partial charge is 0.323 e. The largest absolute Gasteiger partial charge is 0.418 e. The summed E-state index contributed by atoms with van der Waals surface area (Å²) in [6.07, 6.45) is -4.90. The first-order chi connectivity index (χ1) is 8.75. The van der Waals surface area contributed by atoms with Gasteiger partial charge in [0.2, 0.25) is 0 Å². The molecular formula is C9H4F3N3O4. The Balaban J connectivity index is 2.74. The summed E-state index contributed by atoms with van der Waals surface area (Å²) in [4.78, 5) is 31.3. The second kappa shape index (κ2) is 4.00. The Labute approximate surface area is 102 Å². The summed E-state index contributed by atoms with van der Waals surface area (Å²) >= 11 is 0. The molecule has 1 aromatic rings. The molecule has 1 aliphatic heterocycles. The fraction of sp³-hybridized carbons (Fsp3) is 0.222. The number of halogens is 3. The molecule has 2 rings (SSSR count). The quantitative estimate of drug-likeness (QED) is 0.508. The van der Waals surface area contributed by atoms with Crippen LogP contribution >= 0.6 is 0 Å². The monoisotopic (exact) mass is 275 g/mol. The number of nitrogens with one attached hydrogen (secondary N) is 1. The van der Waals surface area contributed by atoms with Crippen LogP contribution in [0.2, 0.25) is 0 Å². The first kappa shape index (κ1) is 12.9. The Morgan fingerprint density at radius 1 is 1.37 bits per heavy atom. The minimum Gasteiger partial charge on any atom is -0.323 e. The molecule has 10 heteroatoms. The highest BCUT2D eigenvalue weighted by molar-refractivity contribution is 6.04. The van der Waals surface area contributed by atoms with E-state index in [1.165, 1.54) is 0 Å². The summed E-state index contributed by atoms with van der Waals surface area (Å²) in [6, 6.07) is -0.683. The highest BCUT2D eigenvalue weighted by Gasteiger charge is 2.43. The van der Waals surface area contributed by atoms with Crippen LogP contribution in [0.25, 0.3) is 0 Å². The molecule has 7 nitrogen and oxygen atoms in total. The van der Waals surface area contributed by atoms with Crippen LogP contribution in [0.5, 0.6) is 0 Å². The van der Waals surface area contributed by atoms with Crippen molar-refractivity contribution in [1.82, 2.24) is 0 Å². The molecule has 0 bridgehead atoms. The zero-order chi connectivity index (χ0) is 14.4. The van der Waals surface area contributed by atoms with E-state index in [0.717, 1.165) is 6.07 Å². The lowest BCUT2D eigenvalue weighted by molar-refractivity contribution is -0.385. The highest BCUT2D eigenvalue weighted by atomic mass is 19.4. The van der Waals surface area contributed by atoms with E-state index in [-0.39, 0.29) is 0 Å². The van der Waals surface area contributed by atoms with E-state index in [0.29, 0.717) is 6.07 Å². The average molecular weight is 275 g/mol. The SMILES string of the molecule is O=NC1C(=O)Nc2c1cc([N+](=O)[O-])cc2C(F)(F)F. The van der Waals surface area contributed by atoms with Gasteiger partial charge in [0.25, 0.3) is 11.6 Å². The number of hydrogen-bond donors (Lipinski definition) is 1. The van der Waals surface area contributed by atoms with Crippen molar-refractivity contribution in [3.05, 3.63) is 38.3 Å². The second-order valence-electron chi connectivity index (χ2n) is 3.71. The van der Waals surface area contributed by atoms with Gasteiger partial charge in [-0.1, -0.05) is 5.18 Å². The van der Waals surface area contributed by atoms with Gasteiger partial charge in [0.05, 0.1) is 16.2 Å². The van der Waals surface area contributed by atoms with E-state index in [1.807, 2.05) is 5.32 Å². The molecule has 1 heterocycles. The summed E-state index contributed by atoms with van der Waals surface area (Å²) in [6.45, 7) is 0. The fourth-order valence-corrected chi connectivity index (χ4v) is 1.77. The zero-order valence-corrected chi connectivity index (χ0v) is 8.89. The maximum absolute atomic E-state index is 12.8. The van der Waals surface area contributed by atoms with Gasteiger partial charge >= 0.3 is 6.18 Å². The predicted octanol–water partition coefficient (Wildman–Crippen LogP) is 2.37. The molecule has 0 aromatic heterocycles. The van der Waals surface area contributed by atoms with Crippen LogP contribution in [0.4, 0.5) is 24.5 Å². The van der Waals surface area contributed by atoms with Crippen LogP contribution in [-0.2, 0) is 11.0 Å². The molecule has 0 saturated carbocycles. The second-order valence-corrected chi connectivity index (χ2v) is 3.71. The van der Waals surface area contributed by atoms with Gasteiger partial charge in [-0.05, 0) is 0 Å². The van der Waals surface area contributed by atoms with Gasteiger partial charge in [-0.3, -0.25) is 14.9 Å². The zero-order valence-electron chi connectivity index (χ0n) is 8.89. The Kier molecular flexibility index (Phi) is 2.72. The lowest BCUT2D eigenvalue weighted by Crippen LogP contribution is -2.12. The molecule has 1 unspecified atom stereocenters. The minimum absolute atomic E-state index is 0.298. The lowest BCUT2D eigenvalue weighted by atomic mass is 10.0. The molecule has 1 atom stereocenters. The third kappa shape index (κ3) is 2.00. The van der Waals surface area contributed by atoms with E-state index in [9.17, 15) is 33.0 Å². The number of amides is 1. The van der Waals surface area contributed by atoms with Crippen molar-refractivity contribution >= 4 is 17.3 Å². The van der Waals surface area contributed by atoms with Crippen molar-refractivity contribution in [2.75, 3.05) is 5.32 Å². The van der Waals surface area contributed by atoms with Crippen molar-refractivity contribution in [2.24, 2.45) is 5.18 Å². The molecule has 0 spiro atoms. The number of alkyl halides is 3. The molecule has 0 fully saturated rings. The molecule has 100 valence electrons. The number of fused-ring (bicyclic) bond motifs is 1. The first-order valence-electron chi connectivity index (χ1n) is 4.78. The lowest BCUT2D eigenvalue weighted by Gasteiger charge is -2.11. The predicted molar refractivity (Wildman–Crippen MR) is 55.3 cm³/mol. The van der Waals surface area contributed by atoms with Crippen LogP contribution in [0.1, 0.15) is 17.2 Å². The van der Waals surface area contributed by atoms with Crippen LogP contribution in [0.3, 0.4) is 0 Å². The van der Waals surface area contributed by atoms with Crippen LogP contribution in [-0.4, -0.2) is 10.8 Å². The Morgan fingerprint density at radius 3 is 2.47 bits per heavy atom. The maximum atomic E-state index is 12.8. The number of hydrogen-bond acceptors (Lipinski definition) is 5. The van der Waals surface area contributed by atoms with Crippen molar-refractivity contribution in [3.63, 3.8) is 0 Å². The molecule has 0 saturated heterocycles. The molecule has 1 N–H and O–H groups in total. The molecule has 1 aliphatic rings. The highest BCUT2D eigenvalue weighted by Crippen LogP contribution is 2.45. The number of carbonyl (C=O) groups is 1. The van der Waals surface area contributed by atoms with Gasteiger partial charge < -0.3 is 5.32 Å². The van der Waals surface area contributed by atoms with Gasteiger partial charge in [0, 0.05) is 17.7 Å². The number of rotatable bonds is 2. The van der Waals surface area contributed by atoms with E-state index >= 15 is 0 Å². The molecule has 19 heavy (non-hydrogen) atoms. The maximum Gasteiger partial charge on any atom is 0.418 e. The van der Waals surface area contributed by atoms with Gasteiger partial charge in [-0.25, -0.2) is 0 Å². The fourth-order valence-electron chi connectivity index (χ4n) is 1.77. The number of non-ortho nitro benzene ring substituents is 1. The Hall–Kier alpha value is -2.52. The first-order valence-corrected chi connectivity index (χ1v) is 4.78. The summed E-state index contributed by atoms with van der Waals surface area (Å²) < 4.78 is 38.3.